The van der Waals surface area contributed by atoms with Gasteiger partial charge in [-0.15, -0.1) is 0 Å². The molecule has 0 amide bonds. The highest BCUT2D eigenvalue weighted by Gasteiger charge is 1.99. The van der Waals surface area contributed by atoms with Gasteiger partial charge in [0.1, 0.15) is 11.5 Å². The van der Waals surface area contributed by atoms with Crippen molar-refractivity contribution in [3.05, 3.63) is 30.2 Å². The van der Waals surface area contributed by atoms with Gasteiger partial charge in [0, 0.05) is 0 Å². The number of nitrogens with zero attached hydrogens (tertiary/aromatic N) is 1. The fraction of sp³-hybridized carbons (Fsp3) is 0.333. The highest BCUT2D eigenvalue weighted by atomic mass is 16.3. The Labute approximate surface area is 67.1 Å². The summed E-state index contributed by atoms with van der Waals surface area (Å²) in [5, 5.41) is 0. The molecule has 0 bridgehead atoms. The van der Waals surface area contributed by atoms with Crippen molar-refractivity contribution in [3.8, 4) is 0 Å². The molecular formula is C9H13NO. The fourth-order valence-corrected chi connectivity index (χ4v) is 0.901. The van der Waals surface area contributed by atoms with E-state index >= 15 is 0 Å². The first-order valence-electron chi connectivity index (χ1n) is 3.58. The predicted molar refractivity (Wildman–Crippen MR) is 46.2 cm³/mol. The van der Waals surface area contributed by atoms with Gasteiger partial charge in [-0.05, 0) is 32.3 Å². The zero-order valence-electron chi connectivity index (χ0n) is 7.00. The molecule has 11 heavy (non-hydrogen) atoms. The van der Waals surface area contributed by atoms with E-state index in [2.05, 4.69) is 11.5 Å². The number of furan rings is 1. The largest absolute Gasteiger partial charge is 0.460 e. The van der Waals surface area contributed by atoms with Gasteiger partial charge in [0.25, 0.3) is 0 Å². The molecule has 0 aliphatic heterocycles. The van der Waals surface area contributed by atoms with Crippen LogP contribution in [0.15, 0.2) is 23.1 Å². The molecule has 0 aliphatic rings. The lowest BCUT2D eigenvalue weighted by Gasteiger charge is -2.05. The van der Waals surface area contributed by atoms with Crippen molar-refractivity contribution >= 4 is 6.08 Å². The average molecular weight is 151 g/mol. The normalized spacial score (nSPS) is 10.5. The fourth-order valence-electron chi connectivity index (χ4n) is 0.901. The lowest BCUT2D eigenvalue weighted by Crippen LogP contribution is -2.09. The third-order valence-corrected chi connectivity index (χ3v) is 1.36. The SMILES string of the molecule is C=Cc1ccc(CN(C)C)o1. The molecular weight excluding hydrogens is 138 g/mol. The van der Waals surface area contributed by atoms with Gasteiger partial charge in [-0.2, -0.15) is 0 Å². The summed E-state index contributed by atoms with van der Waals surface area (Å²) in [6.45, 7) is 4.46. The van der Waals surface area contributed by atoms with Crippen LogP contribution in [0, 0.1) is 0 Å². The summed E-state index contributed by atoms with van der Waals surface area (Å²) >= 11 is 0. The van der Waals surface area contributed by atoms with Crippen LogP contribution < -0.4 is 0 Å². The van der Waals surface area contributed by atoms with Crippen LogP contribution in [-0.4, -0.2) is 19.0 Å². The summed E-state index contributed by atoms with van der Waals surface area (Å²) in [6, 6.07) is 3.89. The summed E-state index contributed by atoms with van der Waals surface area (Å²) in [4.78, 5) is 2.06. The zero-order valence-corrected chi connectivity index (χ0v) is 7.00. The third-order valence-electron chi connectivity index (χ3n) is 1.36. The van der Waals surface area contributed by atoms with Crippen LogP contribution in [-0.2, 0) is 6.54 Å². The quantitative estimate of drug-likeness (QED) is 0.656. The van der Waals surface area contributed by atoms with Gasteiger partial charge in [-0.3, -0.25) is 0 Å². The molecule has 0 aromatic carbocycles. The Kier molecular flexibility index (Phi) is 2.49. The molecule has 0 spiro atoms. The lowest BCUT2D eigenvalue weighted by molar-refractivity contribution is 0.349. The van der Waals surface area contributed by atoms with Crippen LogP contribution >= 0.6 is 0 Å². The second kappa shape index (κ2) is 3.39. The van der Waals surface area contributed by atoms with Crippen LogP contribution in [0.1, 0.15) is 11.5 Å². The van der Waals surface area contributed by atoms with Crippen molar-refractivity contribution in [1.29, 1.82) is 0 Å². The molecule has 0 aliphatic carbocycles. The summed E-state index contributed by atoms with van der Waals surface area (Å²) in [6.07, 6.45) is 1.71. The lowest BCUT2D eigenvalue weighted by atomic mass is 10.4. The van der Waals surface area contributed by atoms with Crippen LogP contribution in [0.25, 0.3) is 6.08 Å². The van der Waals surface area contributed by atoms with Gasteiger partial charge in [0.15, 0.2) is 0 Å². The van der Waals surface area contributed by atoms with Gasteiger partial charge in [0.05, 0.1) is 6.54 Å². The number of hydrogen-bond acceptors (Lipinski definition) is 2. The van der Waals surface area contributed by atoms with E-state index in [4.69, 9.17) is 4.42 Å². The van der Waals surface area contributed by atoms with E-state index < -0.39 is 0 Å². The Hall–Kier alpha value is -1.02. The third kappa shape index (κ3) is 2.24. The molecule has 2 heteroatoms. The molecule has 0 fully saturated rings. The molecule has 0 N–H and O–H groups in total. The molecule has 1 rings (SSSR count). The second-order valence-corrected chi connectivity index (χ2v) is 2.75. The van der Waals surface area contributed by atoms with E-state index in [1.54, 1.807) is 6.08 Å². The van der Waals surface area contributed by atoms with Gasteiger partial charge >= 0.3 is 0 Å². The predicted octanol–water partition coefficient (Wildman–Crippen LogP) is 1.98. The van der Waals surface area contributed by atoms with Crippen molar-refractivity contribution in [2.45, 2.75) is 6.54 Å². The maximum atomic E-state index is 5.38. The van der Waals surface area contributed by atoms with Crippen molar-refractivity contribution in [2.24, 2.45) is 0 Å². The molecule has 1 heterocycles. The van der Waals surface area contributed by atoms with Gasteiger partial charge in [-0.25, -0.2) is 0 Å². The molecule has 60 valence electrons. The molecule has 1 aromatic heterocycles. The number of hydrogen-bond donors (Lipinski definition) is 0. The van der Waals surface area contributed by atoms with E-state index in [9.17, 15) is 0 Å². The van der Waals surface area contributed by atoms with Gasteiger partial charge in [-0.1, -0.05) is 6.58 Å². The van der Waals surface area contributed by atoms with Gasteiger partial charge in [0.2, 0.25) is 0 Å². The van der Waals surface area contributed by atoms with E-state index in [1.807, 2.05) is 26.2 Å². The second-order valence-electron chi connectivity index (χ2n) is 2.75. The summed E-state index contributed by atoms with van der Waals surface area (Å²) in [7, 11) is 4.02. The maximum absolute atomic E-state index is 5.38. The summed E-state index contributed by atoms with van der Waals surface area (Å²) in [5.41, 5.74) is 0. The summed E-state index contributed by atoms with van der Waals surface area (Å²) < 4.78 is 5.38. The first-order valence-corrected chi connectivity index (χ1v) is 3.58. The minimum absolute atomic E-state index is 0.835. The smallest absolute Gasteiger partial charge is 0.126 e. The van der Waals surface area contributed by atoms with Crippen molar-refractivity contribution in [1.82, 2.24) is 4.90 Å². The van der Waals surface area contributed by atoms with Crippen LogP contribution in [0.2, 0.25) is 0 Å². The summed E-state index contributed by atoms with van der Waals surface area (Å²) in [5.74, 6) is 1.81. The minimum atomic E-state index is 0.835. The van der Waals surface area contributed by atoms with E-state index in [0.29, 0.717) is 0 Å². The Balaban J connectivity index is 2.65. The Bertz CT molecular complexity index is 237. The zero-order chi connectivity index (χ0) is 8.27. The molecule has 0 atom stereocenters. The number of rotatable bonds is 3. The van der Waals surface area contributed by atoms with E-state index in [0.717, 1.165) is 18.1 Å². The van der Waals surface area contributed by atoms with Gasteiger partial charge < -0.3 is 9.32 Å². The molecule has 0 unspecified atom stereocenters. The first-order chi connectivity index (χ1) is 5.22. The topological polar surface area (TPSA) is 16.4 Å². The monoisotopic (exact) mass is 151 g/mol. The van der Waals surface area contributed by atoms with E-state index in [1.165, 1.54) is 0 Å². The molecule has 0 saturated heterocycles. The Morgan fingerprint density at radius 1 is 1.55 bits per heavy atom. The first kappa shape index (κ1) is 8.08. The van der Waals surface area contributed by atoms with Crippen molar-refractivity contribution < 1.29 is 4.42 Å². The van der Waals surface area contributed by atoms with Crippen LogP contribution in [0.5, 0.6) is 0 Å². The van der Waals surface area contributed by atoms with Crippen molar-refractivity contribution in [2.75, 3.05) is 14.1 Å². The molecule has 1 aromatic rings. The Morgan fingerprint density at radius 3 is 2.73 bits per heavy atom. The van der Waals surface area contributed by atoms with Crippen LogP contribution in [0.4, 0.5) is 0 Å². The van der Waals surface area contributed by atoms with E-state index in [-0.39, 0.29) is 0 Å². The molecule has 0 saturated carbocycles. The highest BCUT2D eigenvalue weighted by molar-refractivity contribution is 5.39. The highest BCUT2D eigenvalue weighted by Crippen LogP contribution is 2.09. The Morgan fingerprint density at radius 2 is 2.27 bits per heavy atom. The minimum Gasteiger partial charge on any atom is -0.460 e. The standard InChI is InChI=1S/C9H13NO/c1-4-8-5-6-9(11-8)7-10(2)3/h4-6H,1,7H2,2-3H3. The molecule has 0 radical (unpaired) electrons. The molecule has 2 nitrogen and oxygen atoms in total. The van der Waals surface area contributed by atoms with Crippen LogP contribution in [0.3, 0.4) is 0 Å². The average Bonchev–Trinajstić information content (AvgIpc) is 2.34. The van der Waals surface area contributed by atoms with Crippen molar-refractivity contribution in [3.63, 3.8) is 0 Å². The maximum Gasteiger partial charge on any atom is 0.126 e.